The van der Waals surface area contributed by atoms with Gasteiger partial charge in [-0.3, -0.25) is 4.90 Å². The molecule has 2 aromatic rings. The number of furan rings is 1. The van der Waals surface area contributed by atoms with Crippen LogP contribution in [0.4, 0.5) is 4.79 Å². The number of nitrogens with one attached hydrogen (secondary N) is 2. The molecule has 194 valence electrons. The molecule has 8 nitrogen and oxygen atoms in total. The first-order valence-corrected chi connectivity index (χ1v) is 12.9. The average molecular weight is 496 g/mol. The van der Waals surface area contributed by atoms with Crippen molar-refractivity contribution in [3.8, 4) is 5.75 Å². The van der Waals surface area contributed by atoms with Crippen molar-refractivity contribution in [1.82, 2.24) is 15.5 Å². The predicted octanol–water partition coefficient (Wildman–Crippen LogP) is 5.07. The van der Waals surface area contributed by atoms with Crippen LogP contribution in [-0.2, 0) is 16.1 Å². The molecular formula is C28H37N3O5. The van der Waals surface area contributed by atoms with Gasteiger partial charge in [-0.2, -0.15) is 0 Å². The summed E-state index contributed by atoms with van der Waals surface area (Å²) in [6.07, 6.45) is 7.46. The molecule has 1 atom stereocenters. The largest absolute Gasteiger partial charge is 0.491 e. The quantitative estimate of drug-likeness (QED) is 0.447. The molecule has 2 aliphatic rings. The predicted molar refractivity (Wildman–Crippen MR) is 136 cm³/mol. The van der Waals surface area contributed by atoms with Crippen LogP contribution in [0.15, 0.2) is 58.3 Å². The van der Waals surface area contributed by atoms with Gasteiger partial charge in [-0.25, -0.2) is 9.59 Å². The second kappa shape index (κ2) is 12.1. The molecule has 1 saturated carbocycles. The van der Waals surface area contributed by atoms with E-state index in [4.69, 9.17) is 13.9 Å². The van der Waals surface area contributed by atoms with Gasteiger partial charge in [0.1, 0.15) is 11.5 Å². The van der Waals surface area contributed by atoms with Gasteiger partial charge in [0, 0.05) is 18.3 Å². The van der Waals surface area contributed by atoms with Gasteiger partial charge in [0.25, 0.3) is 0 Å². The van der Waals surface area contributed by atoms with Gasteiger partial charge in [-0.05, 0) is 63.4 Å². The van der Waals surface area contributed by atoms with E-state index in [2.05, 4.69) is 15.5 Å². The van der Waals surface area contributed by atoms with Crippen LogP contribution in [0.1, 0.15) is 70.2 Å². The standard InChI is InChI=1S/C28H37N3O5/c1-4-34-27(32)25-24(18-31(17-23-11-8-16-35-23)21-9-6-5-7-10-21)29-28(33)30-26(25)20-12-14-22(15-13-20)36-19(2)3/h8,11-16,19,21,26H,4-7,9-10,17-18H2,1-3H3,(H2,29,30,33)/t26-/m0/s1. The molecule has 1 aliphatic carbocycles. The number of carbonyl (C=O) groups excluding carboxylic acids is 2. The van der Waals surface area contributed by atoms with E-state index in [1.807, 2.05) is 50.2 Å². The maximum absolute atomic E-state index is 13.3. The van der Waals surface area contributed by atoms with Crippen molar-refractivity contribution in [2.24, 2.45) is 0 Å². The Hall–Kier alpha value is -3.26. The van der Waals surface area contributed by atoms with Crippen LogP contribution in [-0.4, -0.2) is 42.2 Å². The summed E-state index contributed by atoms with van der Waals surface area (Å²) in [5, 5.41) is 5.85. The summed E-state index contributed by atoms with van der Waals surface area (Å²) in [4.78, 5) is 28.4. The third kappa shape index (κ3) is 6.49. The number of carbonyl (C=O) groups is 2. The van der Waals surface area contributed by atoms with Crippen molar-refractivity contribution in [1.29, 1.82) is 0 Å². The van der Waals surface area contributed by atoms with E-state index in [9.17, 15) is 9.59 Å². The van der Waals surface area contributed by atoms with Crippen molar-refractivity contribution in [3.05, 3.63) is 65.3 Å². The number of benzene rings is 1. The highest BCUT2D eigenvalue weighted by molar-refractivity contribution is 5.95. The fourth-order valence-corrected chi connectivity index (χ4v) is 5.02. The Balaban J connectivity index is 1.68. The van der Waals surface area contributed by atoms with Gasteiger partial charge in [-0.15, -0.1) is 0 Å². The Morgan fingerprint density at radius 1 is 1.11 bits per heavy atom. The van der Waals surface area contributed by atoms with Crippen LogP contribution in [0.2, 0.25) is 0 Å². The average Bonchev–Trinajstić information content (AvgIpc) is 3.37. The maximum Gasteiger partial charge on any atom is 0.338 e. The molecule has 1 aliphatic heterocycles. The lowest BCUT2D eigenvalue weighted by molar-refractivity contribution is -0.139. The highest BCUT2D eigenvalue weighted by atomic mass is 16.5. The number of hydrogen-bond donors (Lipinski definition) is 2. The number of nitrogens with zero attached hydrogens (tertiary/aromatic N) is 1. The Labute approximate surface area is 213 Å². The third-order valence-electron chi connectivity index (χ3n) is 6.63. The summed E-state index contributed by atoms with van der Waals surface area (Å²) in [6, 6.07) is 10.7. The summed E-state index contributed by atoms with van der Waals surface area (Å²) in [5.74, 6) is 1.16. The van der Waals surface area contributed by atoms with Crippen molar-refractivity contribution in [2.45, 2.75) is 77.6 Å². The molecule has 0 unspecified atom stereocenters. The lowest BCUT2D eigenvalue weighted by Gasteiger charge is -2.37. The van der Waals surface area contributed by atoms with Crippen molar-refractivity contribution in [3.63, 3.8) is 0 Å². The van der Waals surface area contributed by atoms with Gasteiger partial charge in [0.05, 0.1) is 37.1 Å². The molecule has 1 fully saturated rings. The topological polar surface area (TPSA) is 93.0 Å². The van der Waals surface area contributed by atoms with E-state index in [-0.39, 0.29) is 18.7 Å². The summed E-state index contributed by atoms with van der Waals surface area (Å²) in [5.41, 5.74) is 1.79. The summed E-state index contributed by atoms with van der Waals surface area (Å²) < 4.78 is 16.9. The Morgan fingerprint density at radius 3 is 2.50 bits per heavy atom. The zero-order chi connectivity index (χ0) is 25.5. The first-order valence-electron chi connectivity index (χ1n) is 12.9. The van der Waals surface area contributed by atoms with Crippen LogP contribution in [0, 0.1) is 0 Å². The molecule has 2 amide bonds. The second-order valence-electron chi connectivity index (χ2n) is 9.66. The van der Waals surface area contributed by atoms with Crippen LogP contribution < -0.4 is 15.4 Å². The molecule has 8 heteroatoms. The number of hydrogen-bond acceptors (Lipinski definition) is 6. The highest BCUT2D eigenvalue weighted by Crippen LogP contribution is 2.31. The van der Waals surface area contributed by atoms with Gasteiger partial charge in [0.15, 0.2) is 0 Å². The smallest absolute Gasteiger partial charge is 0.338 e. The number of ether oxygens (including phenoxy) is 2. The molecule has 1 aromatic heterocycles. The van der Waals surface area contributed by atoms with Crippen LogP contribution in [0.3, 0.4) is 0 Å². The van der Waals surface area contributed by atoms with E-state index in [1.165, 1.54) is 19.3 Å². The van der Waals surface area contributed by atoms with Gasteiger partial charge in [0.2, 0.25) is 0 Å². The van der Waals surface area contributed by atoms with E-state index >= 15 is 0 Å². The van der Waals surface area contributed by atoms with E-state index in [0.29, 0.717) is 30.4 Å². The van der Waals surface area contributed by atoms with E-state index in [1.54, 1.807) is 13.2 Å². The summed E-state index contributed by atoms with van der Waals surface area (Å²) in [7, 11) is 0. The molecule has 2 N–H and O–H groups in total. The van der Waals surface area contributed by atoms with Crippen molar-refractivity contribution in [2.75, 3.05) is 13.2 Å². The maximum atomic E-state index is 13.3. The third-order valence-corrected chi connectivity index (χ3v) is 6.63. The first kappa shape index (κ1) is 25.8. The number of esters is 1. The highest BCUT2D eigenvalue weighted by Gasteiger charge is 2.35. The van der Waals surface area contributed by atoms with Gasteiger partial charge >= 0.3 is 12.0 Å². The molecular weight excluding hydrogens is 458 g/mol. The number of urea groups is 1. The molecule has 0 radical (unpaired) electrons. The molecule has 36 heavy (non-hydrogen) atoms. The van der Waals surface area contributed by atoms with E-state index < -0.39 is 12.0 Å². The lowest BCUT2D eigenvalue weighted by Crippen LogP contribution is -2.49. The fourth-order valence-electron chi connectivity index (χ4n) is 5.02. The van der Waals surface area contributed by atoms with Gasteiger partial charge < -0.3 is 24.5 Å². The first-order chi connectivity index (χ1) is 17.4. The summed E-state index contributed by atoms with van der Waals surface area (Å²) >= 11 is 0. The SMILES string of the molecule is CCOC(=O)C1=C(CN(Cc2ccco2)C2CCCCC2)NC(=O)N[C@H]1c1ccc(OC(C)C)cc1. The minimum Gasteiger partial charge on any atom is -0.491 e. The van der Waals surface area contributed by atoms with Crippen LogP contribution in [0.5, 0.6) is 5.75 Å². The minimum absolute atomic E-state index is 0.0518. The molecule has 4 rings (SSSR count). The molecule has 0 saturated heterocycles. The van der Waals surface area contributed by atoms with Crippen LogP contribution >= 0.6 is 0 Å². The zero-order valence-electron chi connectivity index (χ0n) is 21.4. The molecule has 0 spiro atoms. The second-order valence-corrected chi connectivity index (χ2v) is 9.66. The Morgan fingerprint density at radius 2 is 1.86 bits per heavy atom. The van der Waals surface area contributed by atoms with E-state index in [0.717, 1.165) is 29.9 Å². The normalized spacial score (nSPS) is 18.8. The van der Waals surface area contributed by atoms with Crippen molar-refractivity contribution >= 4 is 12.0 Å². The molecule has 0 bridgehead atoms. The summed E-state index contributed by atoms with van der Waals surface area (Å²) in [6.45, 7) is 6.98. The van der Waals surface area contributed by atoms with Crippen molar-refractivity contribution < 1.29 is 23.5 Å². The Bertz CT molecular complexity index is 1040. The molecule has 2 heterocycles. The number of amides is 2. The lowest BCUT2D eigenvalue weighted by atomic mass is 9.92. The zero-order valence-corrected chi connectivity index (χ0v) is 21.4. The Kier molecular flexibility index (Phi) is 8.70. The molecule has 1 aromatic carbocycles. The van der Waals surface area contributed by atoms with Crippen LogP contribution in [0.25, 0.3) is 0 Å². The monoisotopic (exact) mass is 495 g/mol. The van der Waals surface area contributed by atoms with Gasteiger partial charge in [-0.1, -0.05) is 31.4 Å². The fraction of sp³-hybridized carbons (Fsp3) is 0.500. The minimum atomic E-state index is -0.627. The number of rotatable bonds is 10.